The third-order valence-corrected chi connectivity index (χ3v) is 8.22. The molecule has 1 amide bonds. The zero-order chi connectivity index (χ0) is 31.2. The number of aryl methyl sites for hydroxylation is 2. The predicted molar refractivity (Wildman–Crippen MR) is 182 cm³/mol. The molecule has 4 N–H and O–H groups in total. The number of aliphatic imine (C=N–C) groups is 1. The van der Waals surface area contributed by atoms with Crippen LogP contribution in [0.4, 0.5) is 11.4 Å². The summed E-state index contributed by atoms with van der Waals surface area (Å²) in [6.45, 7) is 12.9. The van der Waals surface area contributed by atoms with Crippen LogP contribution in [-0.2, 0) is 9.53 Å². The van der Waals surface area contributed by atoms with Crippen LogP contribution in [0.1, 0.15) is 16.7 Å². The van der Waals surface area contributed by atoms with Gasteiger partial charge in [-0.25, -0.2) is 4.98 Å². The summed E-state index contributed by atoms with van der Waals surface area (Å²) in [5.41, 5.74) is 16.4. The number of ether oxygens (including phenoxy) is 1. The summed E-state index contributed by atoms with van der Waals surface area (Å²) in [5, 5.41) is 3.94. The van der Waals surface area contributed by atoms with Gasteiger partial charge in [-0.3, -0.25) is 9.79 Å². The second kappa shape index (κ2) is 13.7. The first-order chi connectivity index (χ1) is 21.3. The molecule has 5 rings (SSSR count). The lowest BCUT2D eigenvalue weighted by molar-refractivity contribution is -0.111. The van der Waals surface area contributed by atoms with Crippen LogP contribution in [0.2, 0.25) is 0 Å². The molecule has 1 aliphatic heterocycles. The molecular weight excluding hydrogens is 550 g/mol. The number of carbonyl (C=O) groups excluding carboxylic acids is 1. The number of likely N-dealkylation sites (N-methyl/N-ethyl adjacent to an activating group) is 1. The van der Waals surface area contributed by atoms with E-state index >= 15 is 0 Å². The van der Waals surface area contributed by atoms with E-state index in [4.69, 9.17) is 15.5 Å². The number of nitrogens with two attached hydrogens (primary N) is 1. The first kappa shape index (κ1) is 30.7. The Kier molecular flexibility index (Phi) is 9.57. The summed E-state index contributed by atoms with van der Waals surface area (Å²) in [7, 11) is 3.82. The van der Waals surface area contributed by atoms with Crippen molar-refractivity contribution >= 4 is 40.1 Å². The van der Waals surface area contributed by atoms with Crippen molar-refractivity contribution in [2.75, 3.05) is 63.7 Å². The molecule has 0 aliphatic carbocycles. The van der Waals surface area contributed by atoms with Crippen LogP contribution in [0, 0.1) is 13.8 Å². The number of nitrogens with one attached hydrogen (secondary N) is 2. The van der Waals surface area contributed by atoms with Gasteiger partial charge in [-0.05, 0) is 67.4 Å². The summed E-state index contributed by atoms with van der Waals surface area (Å²) in [4.78, 5) is 30.0. The molecule has 0 radical (unpaired) electrons. The number of hydrogen-bond donors (Lipinski definition) is 3. The number of aromatic amines is 1. The van der Waals surface area contributed by atoms with Gasteiger partial charge in [0.05, 0.1) is 18.8 Å². The normalized spacial score (nSPS) is 14.5. The van der Waals surface area contributed by atoms with Gasteiger partial charge in [-0.2, -0.15) is 0 Å². The molecule has 2 aromatic carbocycles. The highest BCUT2D eigenvalue weighted by Gasteiger charge is 2.22. The second-order valence-electron chi connectivity index (χ2n) is 11.1. The Morgan fingerprint density at radius 1 is 1.14 bits per heavy atom. The first-order valence-corrected chi connectivity index (χ1v) is 14.8. The van der Waals surface area contributed by atoms with E-state index in [1.54, 1.807) is 19.5 Å². The van der Waals surface area contributed by atoms with Gasteiger partial charge in [-0.1, -0.05) is 30.8 Å². The van der Waals surface area contributed by atoms with Gasteiger partial charge in [0.2, 0.25) is 5.91 Å². The summed E-state index contributed by atoms with van der Waals surface area (Å²) in [6.07, 6.45) is 6.45. The Morgan fingerprint density at radius 3 is 2.55 bits per heavy atom. The van der Waals surface area contributed by atoms with Crippen molar-refractivity contribution in [3.05, 3.63) is 84.2 Å². The van der Waals surface area contributed by atoms with Gasteiger partial charge < -0.3 is 30.6 Å². The third-order valence-electron chi connectivity index (χ3n) is 8.22. The van der Waals surface area contributed by atoms with Crippen LogP contribution in [0.5, 0.6) is 0 Å². The lowest BCUT2D eigenvalue weighted by Crippen LogP contribution is -2.44. The van der Waals surface area contributed by atoms with Crippen LogP contribution < -0.4 is 16.0 Å². The number of carbonyl (C=O) groups is 1. The number of benzene rings is 2. The molecule has 9 heteroatoms. The average Bonchev–Trinajstić information content (AvgIpc) is 3.44. The zero-order valence-electron chi connectivity index (χ0n) is 26.0. The fraction of sp³-hybridized carbons (Fsp3) is 0.286. The van der Waals surface area contributed by atoms with Gasteiger partial charge in [0.1, 0.15) is 5.65 Å². The highest BCUT2D eigenvalue weighted by atomic mass is 16.5. The minimum Gasteiger partial charge on any atom is -0.404 e. The van der Waals surface area contributed by atoms with Crippen molar-refractivity contribution in [1.29, 1.82) is 0 Å². The second-order valence-corrected chi connectivity index (χ2v) is 11.1. The fourth-order valence-corrected chi connectivity index (χ4v) is 5.61. The summed E-state index contributed by atoms with van der Waals surface area (Å²) in [5.74, 6) is -0.255. The van der Waals surface area contributed by atoms with Crippen molar-refractivity contribution in [1.82, 2.24) is 14.9 Å². The smallest absolute Gasteiger partial charge is 0.247 e. The molecular formula is C35H41N7O2. The van der Waals surface area contributed by atoms with Crippen LogP contribution in [0.15, 0.2) is 72.5 Å². The van der Waals surface area contributed by atoms with E-state index in [-0.39, 0.29) is 5.91 Å². The van der Waals surface area contributed by atoms with E-state index in [2.05, 4.69) is 76.0 Å². The van der Waals surface area contributed by atoms with Gasteiger partial charge in [-0.15, -0.1) is 0 Å². The number of piperazine rings is 1. The van der Waals surface area contributed by atoms with Crippen molar-refractivity contribution in [3.8, 4) is 22.4 Å². The lowest BCUT2D eigenvalue weighted by Gasteiger charge is -2.34. The molecule has 1 aliphatic rings. The lowest BCUT2D eigenvalue weighted by atomic mass is 9.93. The number of anilines is 2. The number of aromatic nitrogens is 2. The van der Waals surface area contributed by atoms with Crippen LogP contribution >= 0.6 is 0 Å². The zero-order valence-corrected chi connectivity index (χ0v) is 26.0. The molecule has 3 heterocycles. The Labute approximate surface area is 259 Å². The van der Waals surface area contributed by atoms with Gasteiger partial charge in [0.25, 0.3) is 0 Å². The summed E-state index contributed by atoms with van der Waals surface area (Å²) < 4.78 is 5.13. The van der Waals surface area contributed by atoms with E-state index < -0.39 is 0 Å². The standard InChI is InChI=1S/C35H41N7O2/c1-6-31(43)39-30-19-26(8-7-23(30)2)33-32-24(3)29(27(20-36)21-37-13-18-44-5)22-38-35(32)40-34(33)25-9-11-28(12-10-25)42-16-14-41(4)15-17-42/h6-12,19-22H,1,13-18,36H2,2-5H3,(H,38,40)(H,39,43)/b27-20+,37-21?. The van der Waals surface area contributed by atoms with Gasteiger partial charge in [0.15, 0.2) is 0 Å². The molecule has 0 saturated carbocycles. The monoisotopic (exact) mass is 591 g/mol. The highest BCUT2D eigenvalue weighted by molar-refractivity contribution is 6.13. The number of H-pyrrole nitrogens is 1. The first-order valence-electron chi connectivity index (χ1n) is 14.8. The minimum atomic E-state index is -0.255. The quantitative estimate of drug-likeness (QED) is 0.129. The van der Waals surface area contributed by atoms with Crippen LogP contribution in [0.25, 0.3) is 39.0 Å². The predicted octanol–water partition coefficient (Wildman–Crippen LogP) is 5.41. The van der Waals surface area contributed by atoms with Crippen molar-refractivity contribution in [3.63, 3.8) is 0 Å². The minimum absolute atomic E-state index is 0.255. The van der Waals surface area contributed by atoms with E-state index in [0.29, 0.717) is 13.2 Å². The SMILES string of the molecule is C=CC(=O)Nc1cc(-c2c(-c3ccc(N4CCN(C)CC4)cc3)[nH]c3ncc(/C(C=NCCOC)=C/N)c(C)c23)ccc1C. The van der Waals surface area contributed by atoms with Crippen LogP contribution in [0.3, 0.4) is 0 Å². The third kappa shape index (κ3) is 6.44. The Balaban J connectivity index is 1.66. The topological polar surface area (TPSA) is 112 Å². The Hall–Kier alpha value is -4.73. The van der Waals surface area contributed by atoms with E-state index in [0.717, 1.165) is 87.5 Å². The highest BCUT2D eigenvalue weighted by Crippen LogP contribution is 2.42. The maximum absolute atomic E-state index is 12.3. The molecule has 2 aromatic heterocycles. The maximum Gasteiger partial charge on any atom is 0.247 e. The number of pyridine rings is 1. The number of amides is 1. The number of rotatable bonds is 10. The van der Waals surface area contributed by atoms with Gasteiger partial charge in [0, 0.05) is 85.4 Å². The number of fused-ring (bicyclic) bond motifs is 1. The molecule has 228 valence electrons. The fourth-order valence-electron chi connectivity index (χ4n) is 5.61. The molecule has 1 saturated heterocycles. The number of allylic oxidation sites excluding steroid dienone is 1. The molecule has 0 unspecified atom stereocenters. The van der Waals surface area contributed by atoms with Crippen molar-refractivity contribution in [2.24, 2.45) is 10.7 Å². The van der Waals surface area contributed by atoms with Gasteiger partial charge >= 0.3 is 0 Å². The largest absolute Gasteiger partial charge is 0.404 e. The van der Waals surface area contributed by atoms with E-state index in [1.165, 1.54) is 11.8 Å². The van der Waals surface area contributed by atoms with E-state index in [1.807, 2.05) is 25.3 Å². The molecule has 1 fully saturated rings. The number of nitrogens with zero attached hydrogens (tertiary/aromatic N) is 4. The number of methoxy groups -OCH3 is 1. The molecule has 9 nitrogen and oxygen atoms in total. The molecule has 4 aromatic rings. The molecule has 0 spiro atoms. The molecule has 0 atom stereocenters. The van der Waals surface area contributed by atoms with Crippen LogP contribution in [-0.4, -0.2) is 80.5 Å². The van der Waals surface area contributed by atoms with Crippen molar-refractivity contribution < 1.29 is 9.53 Å². The molecule has 44 heavy (non-hydrogen) atoms. The molecule has 0 bridgehead atoms. The Bertz CT molecular complexity index is 1710. The maximum atomic E-state index is 12.3. The van der Waals surface area contributed by atoms with Crippen molar-refractivity contribution in [2.45, 2.75) is 13.8 Å². The van der Waals surface area contributed by atoms with E-state index in [9.17, 15) is 4.79 Å². The number of hydrogen-bond acceptors (Lipinski definition) is 7. The average molecular weight is 592 g/mol. The summed E-state index contributed by atoms with van der Waals surface area (Å²) >= 11 is 0. The Morgan fingerprint density at radius 2 is 1.86 bits per heavy atom. The summed E-state index contributed by atoms with van der Waals surface area (Å²) in [6, 6.07) is 14.8.